The van der Waals surface area contributed by atoms with Gasteiger partial charge in [-0.15, -0.1) is 0 Å². The molecule has 0 spiro atoms. The number of aryl methyl sites for hydroxylation is 1. The third kappa shape index (κ3) is 4.96. The molecule has 0 radical (unpaired) electrons. The lowest BCUT2D eigenvalue weighted by atomic mass is 10.1. The summed E-state index contributed by atoms with van der Waals surface area (Å²) in [5, 5.41) is 3.31. The van der Waals surface area contributed by atoms with E-state index in [4.69, 9.17) is 4.74 Å². The summed E-state index contributed by atoms with van der Waals surface area (Å²) >= 11 is 0. The van der Waals surface area contributed by atoms with E-state index < -0.39 is 0 Å². The van der Waals surface area contributed by atoms with E-state index in [9.17, 15) is 0 Å². The molecule has 1 aromatic rings. The molecule has 1 fully saturated rings. The highest BCUT2D eigenvalue weighted by molar-refractivity contribution is 5.30. The maximum absolute atomic E-state index is 5.57. The topological polar surface area (TPSA) is 50.3 Å². The summed E-state index contributed by atoms with van der Waals surface area (Å²) in [6.45, 7) is 9.15. The second-order valence-electron chi connectivity index (χ2n) is 5.35. The quantitative estimate of drug-likeness (QED) is 0.830. The van der Waals surface area contributed by atoms with Gasteiger partial charge in [0, 0.05) is 24.8 Å². The predicted octanol–water partition coefficient (Wildman–Crippen LogP) is 2.47. The van der Waals surface area contributed by atoms with E-state index in [0.717, 1.165) is 25.2 Å². The number of piperidine rings is 1. The summed E-state index contributed by atoms with van der Waals surface area (Å²) in [5.74, 6) is 1.34. The first kappa shape index (κ1) is 15.0. The van der Waals surface area contributed by atoms with Crippen LogP contribution in [0.15, 0.2) is 6.07 Å². The Kier molecular flexibility index (Phi) is 6.05. The molecule has 1 aliphatic heterocycles. The van der Waals surface area contributed by atoms with E-state index in [2.05, 4.69) is 27.1 Å². The molecule has 1 aliphatic rings. The maximum Gasteiger partial charge on any atom is 0.226 e. The number of nitrogens with zero attached hydrogens (tertiary/aromatic N) is 3. The SMILES string of the molecule is CCCOc1cc(C)nc(NCCN2CCCCC2)n1. The number of rotatable bonds is 7. The third-order valence-corrected chi connectivity index (χ3v) is 3.44. The fraction of sp³-hybridized carbons (Fsp3) is 0.733. The Bertz CT molecular complexity index is 405. The highest BCUT2D eigenvalue weighted by atomic mass is 16.5. The van der Waals surface area contributed by atoms with Crippen LogP contribution in [0.25, 0.3) is 0 Å². The van der Waals surface area contributed by atoms with Crippen molar-refractivity contribution in [1.29, 1.82) is 0 Å². The zero-order valence-corrected chi connectivity index (χ0v) is 12.7. The van der Waals surface area contributed by atoms with E-state index in [1.54, 1.807) is 0 Å². The first-order chi connectivity index (χ1) is 9.78. The van der Waals surface area contributed by atoms with Crippen LogP contribution in [0.3, 0.4) is 0 Å². The second kappa shape index (κ2) is 8.04. The van der Waals surface area contributed by atoms with E-state index in [0.29, 0.717) is 18.4 Å². The van der Waals surface area contributed by atoms with Crippen molar-refractivity contribution in [2.45, 2.75) is 39.5 Å². The molecule has 0 aromatic carbocycles. The van der Waals surface area contributed by atoms with Crippen LogP contribution in [0.2, 0.25) is 0 Å². The molecule has 1 saturated heterocycles. The zero-order valence-electron chi connectivity index (χ0n) is 12.7. The van der Waals surface area contributed by atoms with Crippen LogP contribution in [0, 0.1) is 6.92 Å². The molecular formula is C15H26N4O. The van der Waals surface area contributed by atoms with E-state index in [1.807, 2.05) is 13.0 Å². The number of hydrogen-bond acceptors (Lipinski definition) is 5. The minimum absolute atomic E-state index is 0.667. The van der Waals surface area contributed by atoms with Crippen LogP contribution in [0.1, 0.15) is 38.3 Å². The second-order valence-corrected chi connectivity index (χ2v) is 5.35. The average Bonchev–Trinajstić information content (AvgIpc) is 2.46. The van der Waals surface area contributed by atoms with Gasteiger partial charge < -0.3 is 15.0 Å². The largest absolute Gasteiger partial charge is 0.478 e. The van der Waals surface area contributed by atoms with Gasteiger partial charge in [-0.1, -0.05) is 13.3 Å². The number of anilines is 1. The predicted molar refractivity (Wildman–Crippen MR) is 81.3 cm³/mol. The van der Waals surface area contributed by atoms with Gasteiger partial charge in [0.1, 0.15) is 0 Å². The molecule has 1 N–H and O–H groups in total. The number of hydrogen-bond donors (Lipinski definition) is 1. The number of aromatic nitrogens is 2. The highest BCUT2D eigenvalue weighted by Gasteiger charge is 2.09. The summed E-state index contributed by atoms with van der Waals surface area (Å²) < 4.78 is 5.57. The van der Waals surface area contributed by atoms with Gasteiger partial charge >= 0.3 is 0 Å². The summed E-state index contributed by atoms with van der Waals surface area (Å²) in [6.07, 6.45) is 5.02. The molecule has 0 saturated carbocycles. The van der Waals surface area contributed by atoms with Crippen LogP contribution < -0.4 is 10.1 Å². The molecule has 5 nitrogen and oxygen atoms in total. The van der Waals surface area contributed by atoms with Crippen LogP contribution in [0.4, 0.5) is 5.95 Å². The minimum Gasteiger partial charge on any atom is -0.478 e. The molecule has 1 aromatic heterocycles. The monoisotopic (exact) mass is 278 g/mol. The molecular weight excluding hydrogens is 252 g/mol. The van der Waals surface area contributed by atoms with Crippen LogP contribution >= 0.6 is 0 Å². The van der Waals surface area contributed by atoms with E-state index in [-0.39, 0.29) is 0 Å². The normalized spacial score (nSPS) is 16.1. The van der Waals surface area contributed by atoms with Crippen molar-refractivity contribution in [3.8, 4) is 5.88 Å². The molecule has 0 atom stereocenters. The van der Waals surface area contributed by atoms with Crippen LogP contribution in [-0.4, -0.2) is 47.7 Å². The number of likely N-dealkylation sites (tertiary alicyclic amines) is 1. The average molecular weight is 278 g/mol. The first-order valence-electron chi connectivity index (χ1n) is 7.72. The van der Waals surface area contributed by atoms with Crippen molar-refractivity contribution >= 4 is 5.95 Å². The summed E-state index contributed by atoms with van der Waals surface area (Å²) in [5.41, 5.74) is 0.937. The Labute approximate surface area is 121 Å². The summed E-state index contributed by atoms with van der Waals surface area (Å²) in [6, 6.07) is 1.88. The Morgan fingerprint density at radius 1 is 1.25 bits per heavy atom. The van der Waals surface area contributed by atoms with Gasteiger partial charge in [0.05, 0.1) is 6.61 Å². The Hall–Kier alpha value is -1.36. The fourth-order valence-electron chi connectivity index (χ4n) is 2.41. The van der Waals surface area contributed by atoms with Crippen LogP contribution in [0.5, 0.6) is 5.88 Å². The maximum atomic E-state index is 5.57. The summed E-state index contributed by atoms with van der Waals surface area (Å²) in [4.78, 5) is 11.3. The molecule has 0 bridgehead atoms. The van der Waals surface area contributed by atoms with Crippen LogP contribution in [-0.2, 0) is 0 Å². The zero-order chi connectivity index (χ0) is 14.2. The van der Waals surface area contributed by atoms with Gasteiger partial charge in [0.25, 0.3) is 0 Å². The molecule has 112 valence electrons. The highest BCUT2D eigenvalue weighted by Crippen LogP contribution is 2.12. The van der Waals surface area contributed by atoms with Crippen molar-refractivity contribution < 1.29 is 4.74 Å². The van der Waals surface area contributed by atoms with Crippen molar-refractivity contribution in [1.82, 2.24) is 14.9 Å². The fourth-order valence-corrected chi connectivity index (χ4v) is 2.41. The Morgan fingerprint density at radius 2 is 2.05 bits per heavy atom. The van der Waals surface area contributed by atoms with Crippen molar-refractivity contribution in [2.24, 2.45) is 0 Å². The van der Waals surface area contributed by atoms with Gasteiger partial charge in [-0.2, -0.15) is 4.98 Å². The lowest BCUT2D eigenvalue weighted by Crippen LogP contribution is -2.33. The van der Waals surface area contributed by atoms with Gasteiger partial charge in [-0.05, 0) is 39.3 Å². The van der Waals surface area contributed by atoms with E-state index >= 15 is 0 Å². The Morgan fingerprint density at radius 3 is 2.80 bits per heavy atom. The number of ether oxygens (including phenoxy) is 1. The molecule has 0 amide bonds. The number of nitrogens with one attached hydrogen (secondary N) is 1. The molecule has 20 heavy (non-hydrogen) atoms. The third-order valence-electron chi connectivity index (χ3n) is 3.44. The van der Waals surface area contributed by atoms with Gasteiger partial charge in [0.2, 0.25) is 11.8 Å². The van der Waals surface area contributed by atoms with Crippen molar-refractivity contribution in [3.63, 3.8) is 0 Å². The lowest BCUT2D eigenvalue weighted by molar-refractivity contribution is 0.237. The van der Waals surface area contributed by atoms with E-state index in [1.165, 1.54) is 32.4 Å². The molecule has 0 unspecified atom stereocenters. The molecule has 5 heteroatoms. The van der Waals surface area contributed by atoms with Crippen molar-refractivity contribution in [2.75, 3.05) is 38.1 Å². The van der Waals surface area contributed by atoms with Gasteiger partial charge in [0.15, 0.2) is 0 Å². The Balaban J connectivity index is 1.80. The minimum atomic E-state index is 0.667. The molecule has 2 rings (SSSR count). The van der Waals surface area contributed by atoms with Crippen molar-refractivity contribution in [3.05, 3.63) is 11.8 Å². The first-order valence-corrected chi connectivity index (χ1v) is 7.72. The smallest absolute Gasteiger partial charge is 0.226 e. The summed E-state index contributed by atoms with van der Waals surface area (Å²) in [7, 11) is 0. The standard InChI is InChI=1S/C15H26N4O/c1-3-11-20-14-12-13(2)17-15(18-14)16-7-10-19-8-5-4-6-9-19/h12H,3-11H2,1-2H3,(H,16,17,18). The van der Waals surface area contributed by atoms with Gasteiger partial charge in [-0.25, -0.2) is 4.98 Å². The molecule has 2 heterocycles. The molecule has 0 aliphatic carbocycles. The van der Waals surface area contributed by atoms with Gasteiger partial charge in [-0.3, -0.25) is 0 Å². The lowest BCUT2D eigenvalue weighted by Gasteiger charge is -2.26.